The van der Waals surface area contributed by atoms with E-state index in [1.807, 2.05) is 11.5 Å². The third-order valence-electron chi connectivity index (χ3n) is 7.11. The molecule has 0 saturated heterocycles. The van der Waals surface area contributed by atoms with Crippen molar-refractivity contribution in [2.24, 2.45) is 17.6 Å². The van der Waals surface area contributed by atoms with Crippen LogP contribution in [0, 0.1) is 11.8 Å². The van der Waals surface area contributed by atoms with Gasteiger partial charge in [-0.05, 0) is 55.7 Å². The van der Waals surface area contributed by atoms with Crippen LogP contribution in [-0.2, 0) is 11.3 Å². The first-order chi connectivity index (χ1) is 17.9. The van der Waals surface area contributed by atoms with Crippen LogP contribution in [0.1, 0.15) is 39.0 Å². The van der Waals surface area contributed by atoms with Gasteiger partial charge in [0.05, 0.1) is 32.9 Å². The van der Waals surface area contributed by atoms with Gasteiger partial charge >= 0.3 is 12.5 Å². The molecule has 7 nitrogen and oxygen atoms in total. The van der Waals surface area contributed by atoms with Gasteiger partial charge in [-0.15, -0.1) is 13.2 Å². The number of amides is 1. The lowest BCUT2D eigenvalue weighted by Crippen LogP contribution is -2.50. The van der Waals surface area contributed by atoms with E-state index in [9.17, 15) is 18.0 Å². The molecule has 1 aromatic heterocycles. The van der Waals surface area contributed by atoms with Crippen molar-refractivity contribution < 1.29 is 27.4 Å². The van der Waals surface area contributed by atoms with Gasteiger partial charge in [-0.2, -0.15) is 0 Å². The Morgan fingerprint density at radius 2 is 1.84 bits per heavy atom. The lowest BCUT2D eigenvalue weighted by Gasteiger charge is -2.40. The van der Waals surface area contributed by atoms with Crippen LogP contribution in [0.15, 0.2) is 42.7 Å². The maximum Gasteiger partial charge on any atom is 0.573 e. The van der Waals surface area contributed by atoms with Crippen LogP contribution >= 0.6 is 23.2 Å². The molecule has 2 atom stereocenters. The quantitative estimate of drug-likeness (QED) is 0.264. The number of nitrogens with zero attached hydrogens (tertiary/aromatic N) is 2. The Morgan fingerprint density at radius 3 is 2.47 bits per heavy atom. The summed E-state index contributed by atoms with van der Waals surface area (Å²) in [6.45, 7) is 2.37. The highest BCUT2D eigenvalue weighted by atomic mass is 35.5. The number of benzene rings is 2. The number of imidazole rings is 1. The lowest BCUT2D eigenvalue weighted by atomic mass is 9.78. The number of alkyl halides is 3. The Morgan fingerprint density at radius 1 is 1.18 bits per heavy atom. The SMILES string of the molecule is CC(COC(N)=O)(Nc1ccc(OC(F)(F)F)cc1)[C@@H](CC1CCCC1)Cn1cnc2cc(Cl)c(Cl)cc21. The molecule has 0 aliphatic heterocycles. The number of carbonyl (C=O) groups is 1. The number of carbonyl (C=O) groups excluding carboxylic acids is 1. The number of ether oxygens (including phenoxy) is 2. The van der Waals surface area contributed by atoms with Gasteiger partial charge in [0.1, 0.15) is 12.4 Å². The van der Waals surface area contributed by atoms with Crippen LogP contribution in [0.2, 0.25) is 10.0 Å². The van der Waals surface area contributed by atoms with Gasteiger partial charge in [-0.3, -0.25) is 0 Å². The molecular weight excluding hydrogens is 544 g/mol. The summed E-state index contributed by atoms with van der Waals surface area (Å²) in [6, 6.07) is 8.91. The molecule has 206 valence electrons. The summed E-state index contributed by atoms with van der Waals surface area (Å²) in [5.41, 5.74) is 6.53. The molecule has 1 unspecified atom stereocenters. The van der Waals surface area contributed by atoms with Gasteiger partial charge in [0.25, 0.3) is 0 Å². The number of primary amides is 1. The van der Waals surface area contributed by atoms with Gasteiger partial charge in [0, 0.05) is 18.2 Å². The van der Waals surface area contributed by atoms with E-state index in [2.05, 4.69) is 15.0 Å². The zero-order valence-electron chi connectivity index (χ0n) is 20.7. The summed E-state index contributed by atoms with van der Waals surface area (Å²) in [5, 5.41) is 4.22. The third-order valence-corrected chi connectivity index (χ3v) is 7.83. The number of anilines is 1. The van der Waals surface area contributed by atoms with Crippen molar-refractivity contribution in [2.75, 3.05) is 11.9 Å². The number of fused-ring (bicyclic) bond motifs is 1. The zero-order valence-corrected chi connectivity index (χ0v) is 22.2. The zero-order chi connectivity index (χ0) is 27.5. The predicted octanol–water partition coefficient (Wildman–Crippen LogP) is 7.40. The van der Waals surface area contributed by atoms with Gasteiger partial charge in [0.15, 0.2) is 0 Å². The fraction of sp³-hybridized carbons (Fsp3) is 0.462. The van der Waals surface area contributed by atoms with Crippen molar-refractivity contribution in [3.8, 4) is 5.75 Å². The topological polar surface area (TPSA) is 91.4 Å². The molecule has 12 heteroatoms. The highest BCUT2D eigenvalue weighted by Gasteiger charge is 2.38. The number of aromatic nitrogens is 2. The highest BCUT2D eigenvalue weighted by Crippen LogP contribution is 2.38. The van der Waals surface area contributed by atoms with E-state index in [1.165, 1.54) is 24.3 Å². The minimum absolute atomic E-state index is 0.0558. The summed E-state index contributed by atoms with van der Waals surface area (Å²) >= 11 is 12.5. The van der Waals surface area contributed by atoms with Gasteiger partial charge in [-0.1, -0.05) is 48.9 Å². The number of nitrogens with one attached hydrogen (secondary N) is 1. The summed E-state index contributed by atoms with van der Waals surface area (Å²) in [4.78, 5) is 16.1. The first-order valence-electron chi connectivity index (χ1n) is 12.3. The summed E-state index contributed by atoms with van der Waals surface area (Å²) in [5.74, 6) is 0.0501. The highest BCUT2D eigenvalue weighted by molar-refractivity contribution is 6.42. The number of halogens is 5. The second-order valence-corrected chi connectivity index (χ2v) is 10.8. The van der Waals surface area contributed by atoms with E-state index in [-0.39, 0.29) is 18.3 Å². The lowest BCUT2D eigenvalue weighted by molar-refractivity contribution is -0.274. The molecule has 1 aliphatic carbocycles. The molecule has 1 fully saturated rings. The van der Waals surface area contributed by atoms with Gasteiger partial charge in [0.2, 0.25) is 0 Å². The van der Waals surface area contributed by atoms with Crippen molar-refractivity contribution >= 4 is 46.0 Å². The maximum atomic E-state index is 12.6. The van der Waals surface area contributed by atoms with Crippen LogP contribution in [0.5, 0.6) is 5.75 Å². The second-order valence-electron chi connectivity index (χ2n) is 9.96. The molecule has 0 bridgehead atoms. The Bertz CT molecular complexity index is 1260. The van der Waals surface area contributed by atoms with Crippen molar-refractivity contribution in [3.63, 3.8) is 0 Å². The maximum absolute atomic E-state index is 12.6. The first kappa shape index (κ1) is 28.2. The summed E-state index contributed by atoms with van der Waals surface area (Å²) in [6.07, 6.45) is 1.34. The Balaban J connectivity index is 1.66. The smallest absolute Gasteiger partial charge is 0.447 e. The third kappa shape index (κ3) is 7.17. The standard InChI is InChI=1S/C26H29Cl2F3N4O3/c1-25(14-37-24(32)36,34-18-6-8-19(9-7-18)38-26(29,30)31)17(10-16-4-2-3-5-16)13-35-15-33-22-11-20(27)21(28)12-23(22)35/h6-9,11-12,15-17,34H,2-5,10,13-14H2,1H3,(H2,32,36)/t17-,25?/m0/s1. The predicted molar refractivity (Wildman–Crippen MR) is 141 cm³/mol. The van der Waals surface area contributed by atoms with Crippen molar-refractivity contribution in [2.45, 2.75) is 57.5 Å². The van der Waals surface area contributed by atoms with E-state index in [0.29, 0.717) is 33.7 Å². The average Bonchev–Trinajstić information content (AvgIpc) is 3.48. The van der Waals surface area contributed by atoms with E-state index < -0.39 is 18.0 Å². The second kappa shape index (κ2) is 11.5. The molecule has 1 saturated carbocycles. The molecule has 1 amide bonds. The minimum Gasteiger partial charge on any atom is -0.447 e. The normalized spacial score (nSPS) is 16.8. The molecular formula is C26H29Cl2F3N4O3. The molecule has 1 aliphatic rings. The molecule has 1 heterocycles. The minimum atomic E-state index is -4.79. The van der Waals surface area contributed by atoms with Crippen LogP contribution in [0.4, 0.5) is 23.7 Å². The molecule has 38 heavy (non-hydrogen) atoms. The fourth-order valence-electron chi connectivity index (χ4n) is 5.17. The number of rotatable bonds is 10. The molecule has 3 N–H and O–H groups in total. The van der Waals surface area contributed by atoms with Crippen molar-refractivity contribution in [1.29, 1.82) is 0 Å². The van der Waals surface area contributed by atoms with Crippen LogP contribution in [-0.4, -0.2) is 34.2 Å². The van der Waals surface area contributed by atoms with E-state index >= 15 is 0 Å². The molecule has 4 rings (SSSR count). The van der Waals surface area contributed by atoms with E-state index in [4.69, 9.17) is 33.7 Å². The van der Waals surface area contributed by atoms with Crippen molar-refractivity contribution in [3.05, 3.63) is 52.8 Å². The largest absolute Gasteiger partial charge is 0.573 e. The van der Waals surface area contributed by atoms with Crippen LogP contribution < -0.4 is 15.8 Å². The molecule has 3 aromatic rings. The number of hydrogen-bond acceptors (Lipinski definition) is 5. The average molecular weight is 573 g/mol. The Labute approximate surface area is 228 Å². The molecule has 0 spiro atoms. The van der Waals surface area contributed by atoms with E-state index in [0.717, 1.165) is 37.6 Å². The van der Waals surface area contributed by atoms with E-state index in [1.54, 1.807) is 18.5 Å². The Hall–Kier alpha value is -2.85. The number of nitrogens with two attached hydrogens (primary N) is 1. The summed E-state index contributed by atoms with van der Waals surface area (Å²) in [7, 11) is 0. The Kier molecular flexibility index (Phi) is 8.52. The molecule has 2 aromatic carbocycles. The monoisotopic (exact) mass is 572 g/mol. The van der Waals surface area contributed by atoms with Crippen molar-refractivity contribution in [1.82, 2.24) is 9.55 Å². The van der Waals surface area contributed by atoms with Gasteiger partial charge < -0.3 is 25.1 Å². The van der Waals surface area contributed by atoms with Crippen LogP contribution in [0.3, 0.4) is 0 Å². The van der Waals surface area contributed by atoms with Crippen LogP contribution in [0.25, 0.3) is 11.0 Å². The molecule has 0 radical (unpaired) electrons. The first-order valence-corrected chi connectivity index (χ1v) is 13.0. The summed E-state index contributed by atoms with van der Waals surface area (Å²) < 4.78 is 49.1. The number of hydrogen-bond donors (Lipinski definition) is 2. The fourth-order valence-corrected chi connectivity index (χ4v) is 5.48. The van der Waals surface area contributed by atoms with Gasteiger partial charge in [-0.25, -0.2) is 9.78 Å².